The average Bonchev–Trinajstić information content (AvgIpc) is 3.37. The molecule has 188 valence electrons. The number of para-hydroxylation sites is 2. The van der Waals surface area contributed by atoms with Crippen LogP contribution < -0.4 is 15.5 Å². The quantitative estimate of drug-likeness (QED) is 0.420. The van der Waals surface area contributed by atoms with Gasteiger partial charge in [-0.05, 0) is 41.0 Å². The Morgan fingerprint density at radius 3 is 2.54 bits per heavy atom. The third kappa shape index (κ3) is 4.53. The monoisotopic (exact) mass is 497 g/mol. The zero-order chi connectivity index (χ0) is 26.1. The molecule has 10 heteroatoms. The van der Waals surface area contributed by atoms with Crippen LogP contribution in [-0.4, -0.2) is 44.9 Å². The van der Waals surface area contributed by atoms with Gasteiger partial charge in [0.1, 0.15) is 0 Å². The van der Waals surface area contributed by atoms with Gasteiger partial charge in [0.2, 0.25) is 17.7 Å². The highest BCUT2D eigenvalue weighted by molar-refractivity contribution is 6.07. The maximum absolute atomic E-state index is 14.1. The highest BCUT2D eigenvalue weighted by atomic mass is 16.2. The fraction of sp³-hybridized carbons (Fsp3) is 0.259. The molecule has 1 unspecified atom stereocenters. The van der Waals surface area contributed by atoms with Crippen LogP contribution in [-0.2, 0) is 27.3 Å². The zero-order valence-electron chi connectivity index (χ0n) is 20.6. The Bertz CT molecular complexity index is 1480. The average molecular weight is 498 g/mol. The number of primary amides is 1. The predicted molar refractivity (Wildman–Crippen MR) is 138 cm³/mol. The molecule has 2 heterocycles. The Labute approximate surface area is 213 Å². The van der Waals surface area contributed by atoms with Crippen molar-refractivity contribution in [1.29, 1.82) is 0 Å². The number of anilines is 2. The molecule has 5 rings (SSSR count). The van der Waals surface area contributed by atoms with E-state index in [1.165, 1.54) is 4.90 Å². The van der Waals surface area contributed by atoms with Crippen molar-refractivity contribution in [2.45, 2.75) is 26.8 Å². The maximum Gasteiger partial charge on any atom is 0.234 e. The minimum absolute atomic E-state index is 0.00164. The van der Waals surface area contributed by atoms with E-state index in [0.29, 0.717) is 11.4 Å². The van der Waals surface area contributed by atoms with Gasteiger partial charge in [0, 0.05) is 12.5 Å². The normalized spacial score (nSPS) is 16.4. The lowest BCUT2D eigenvalue weighted by Crippen LogP contribution is -2.46. The van der Waals surface area contributed by atoms with E-state index in [0.717, 1.165) is 21.9 Å². The first-order chi connectivity index (χ1) is 17.8. The molecular formula is C27H27N7O3. The summed E-state index contributed by atoms with van der Waals surface area (Å²) in [6, 6.07) is 19.4. The highest BCUT2D eigenvalue weighted by Crippen LogP contribution is 2.38. The zero-order valence-corrected chi connectivity index (χ0v) is 20.6. The second-order valence-corrected chi connectivity index (χ2v) is 9.30. The van der Waals surface area contributed by atoms with Crippen molar-refractivity contribution in [1.82, 2.24) is 20.6 Å². The van der Waals surface area contributed by atoms with E-state index in [-0.39, 0.29) is 37.1 Å². The number of aryl methyl sites for hydroxylation is 1. The number of carbonyl (C=O) groups is 3. The van der Waals surface area contributed by atoms with Crippen LogP contribution >= 0.6 is 0 Å². The van der Waals surface area contributed by atoms with E-state index in [2.05, 4.69) is 26.7 Å². The first-order valence-electron chi connectivity index (χ1n) is 12.0. The van der Waals surface area contributed by atoms with Gasteiger partial charge in [0.15, 0.2) is 5.82 Å². The molecule has 0 saturated heterocycles. The van der Waals surface area contributed by atoms with Gasteiger partial charge in [0.25, 0.3) is 0 Å². The number of benzene rings is 3. The summed E-state index contributed by atoms with van der Waals surface area (Å²) < 4.78 is 0. The van der Waals surface area contributed by atoms with Crippen LogP contribution in [0.2, 0.25) is 0 Å². The fourth-order valence-electron chi connectivity index (χ4n) is 4.88. The standard InChI is InChI=1S/C27H27N7O3/c1-16-11-12-18-7-3-4-8-19(18)20(16)14-34-23-10-6-5-9-22(23)33(25(35)13-24-29-31-32-30-24)15-21(27(34)37)17(2)26(28)36/h3-12,17,21H,13-15H2,1-2H3,(H2,28,36)(H,29,30,31,32)/t17?,21-/m1/s1. The molecule has 0 radical (unpaired) electrons. The molecule has 3 aromatic carbocycles. The summed E-state index contributed by atoms with van der Waals surface area (Å²) in [5.41, 5.74) is 8.86. The lowest BCUT2D eigenvalue weighted by molar-refractivity contribution is -0.131. The van der Waals surface area contributed by atoms with Crippen molar-refractivity contribution >= 4 is 39.9 Å². The van der Waals surface area contributed by atoms with Crippen LogP contribution in [0.5, 0.6) is 0 Å². The maximum atomic E-state index is 14.1. The Morgan fingerprint density at radius 2 is 1.81 bits per heavy atom. The topological polar surface area (TPSA) is 138 Å². The minimum atomic E-state index is -0.839. The summed E-state index contributed by atoms with van der Waals surface area (Å²) in [4.78, 5) is 43.1. The largest absolute Gasteiger partial charge is 0.369 e. The second-order valence-electron chi connectivity index (χ2n) is 9.30. The van der Waals surface area contributed by atoms with Gasteiger partial charge in [0.05, 0.1) is 30.3 Å². The van der Waals surface area contributed by atoms with Gasteiger partial charge < -0.3 is 15.5 Å². The molecule has 0 fully saturated rings. The van der Waals surface area contributed by atoms with Crippen LogP contribution in [0.15, 0.2) is 60.7 Å². The molecule has 3 N–H and O–H groups in total. The van der Waals surface area contributed by atoms with Crippen LogP contribution in [0.1, 0.15) is 23.9 Å². The van der Waals surface area contributed by atoms with Crippen molar-refractivity contribution < 1.29 is 14.4 Å². The number of nitrogens with zero attached hydrogens (tertiary/aromatic N) is 5. The number of aromatic nitrogens is 4. The Hall–Kier alpha value is -4.60. The summed E-state index contributed by atoms with van der Waals surface area (Å²) >= 11 is 0. The summed E-state index contributed by atoms with van der Waals surface area (Å²) in [6.45, 7) is 3.92. The molecule has 0 aliphatic carbocycles. The van der Waals surface area contributed by atoms with E-state index in [1.54, 1.807) is 17.9 Å². The summed E-state index contributed by atoms with van der Waals surface area (Å²) in [7, 11) is 0. The van der Waals surface area contributed by atoms with E-state index >= 15 is 0 Å². The SMILES string of the molecule is Cc1ccc2ccccc2c1CN1C(=O)[C@@H](C(C)C(N)=O)CN(C(=O)Cc2nn[nH]n2)c2ccccc21. The molecule has 3 amide bonds. The number of hydrogen-bond donors (Lipinski definition) is 2. The lowest BCUT2D eigenvalue weighted by Gasteiger charge is -2.28. The number of H-pyrrole nitrogens is 1. The number of aromatic amines is 1. The Kier molecular flexibility index (Phi) is 6.39. The van der Waals surface area contributed by atoms with Crippen molar-refractivity contribution in [2.75, 3.05) is 16.3 Å². The molecule has 0 bridgehead atoms. The Morgan fingerprint density at radius 1 is 1.08 bits per heavy atom. The van der Waals surface area contributed by atoms with Gasteiger partial charge in [-0.15, -0.1) is 10.2 Å². The molecule has 10 nitrogen and oxygen atoms in total. The molecule has 4 aromatic rings. The third-order valence-corrected chi connectivity index (χ3v) is 7.07. The van der Waals surface area contributed by atoms with Gasteiger partial charge in [-0.3, -0.25) is 14.4 Å². The first-order valence-corrected chi connectivity index (χ1v) is 12.0. The molecular weight excluding hydrogens is 470 g/mol. The summed E-state index contributed by atoms with van der Waals surface area (Å²) in [5, 5.41) is 15.8. The van der Waals surface area contributed by atoms with Crippen LogP contribution in [0.3, 0.4) is 0 Å². The highest BCUT2D eigenvalue weighted by Gasteiger charge is 2.40. The fourth-order valence-corrected chi connectivity index (χ4v) is 4.88. The van der Waals surface area contributed by atoms with Crippen LogP contribution in [0.25, 0.3) is 10.8 Å². The number of tetrazole rings is 1. The number of nitrogens with one attached hydrogen (secondary N) is 1. The van der Waals surface area contributed by atoms with E-state index in [9.17, 15) is 14.4 Å². The molecule has 1 aromatic heterocycles. The first kappa shape index (κ1) is 24.1. The number of nitrogens with two attached hydrogens (primary N) is 1. The van der Waals surface area contributed by atoms with Crippen molar-refractivity contribution in [2.24, 2.45) is 17.6 Å². The van der Waals surface area contributed by atoms with E-state index in [1.807, 2.05) is 55.5 Å². The number of rotatable bonds is 6. The number of hydrogen-bond acceptors (Lipinski definition) is 6. The molecule has 37 heavy (non-hydrogen) atoms. The number of carbonyl (C=O) groups excluding carboxylic acids is 3. The summed E-state index contributed by atoms with van der Waals surface area (Å²) in [6.07, 6.45) is -0.112. The second kappa shape index (κ2) is 9.81. The van der Waals surface area contributed by atoms with Gasteiger partial charge in [-0.2, -0.15) is 5.21 Å². The Balaban J connectivity index is 1.63. The molecule has 2 atom stereocenters. The third-order valence-electron chi connectivity index (χ3n) is 7.07. The molecule has 1 aliphatic rings. The number of fused-ring (bicyclic) bond motifs is 2. The lowest BCUT2D eigenvalue weighted by atomic mass is 9.91. The smallest absolute Gasteiger partial charge is 0.234 e. The predicted octanol–water partition coefficient (Wildman–Crippen LogP) is 2.52. The minimum Gasteiger partial charge on any atom is -0.369 e. The van der Waals surface area contributed by atoms with Crippen molar-refractivity contribution in [3.63, 3.8) is 0 Å². The molecule has 0 spiro atoms. The van der Waals surface area contributed by atoms with E-state index < -0.39 is 17.7 Å². The molecule has 1 aliphatic heterocycles. The van der Waals surface area contributed by atoms with Crippen LogP contribution in [0, 0.1) is 18.8 Å². The van der Waals surface area contributed by atoms with Crippen molar-refractivity contribution in [3.8, 4) is 0 Å². The summed E-state index contributed by atoms with van der Waals surface area (Å²) in [5.74, 6) is -2.57. The van der Waals surface area contributed by atoms with Crippen molar-refractivity contribution in [3.05, 3.63) is 77.6 Å². The van der Waals surface area contributed by atoms with E-state index in [4.69, 9.17) is 5.73 Å². The molecule has 0 saturated carbocycles. The number of amides is 3. The van der Waals surface area contributed by atoms with Gasteiger partial charge in [-0.1, -0.05) is 60.7 Å². The van der Waals surface area contributed by atoms with Gasteiger partial charge >= 0.3 is 0 Å². The van der Waals surface area contributed by atoms with Crippen LogP contribution in [0.4, 0.5) is 11.4 Å². The van der Waals surface area contributed by atoms with Gasteiger partial charge in [-0.25, -0.2) is 0 Å².